The Hall–Kier alpha value is -2.64. The number of likely N-dealkylation sites (tertiary alicyclic amines) is 1. The molecule has 2 atom stereocenters. The molecule has 1 fully saturated rings. The van der Waals surface area contributed by atoms with Gasteiger partial charge in [0.05, 0.1) is 15.8 Å². The van der Waals surface area contributed by atoms with Crippen LogP contribution in [0, 0.1) is 5.95 Å². The molecule has 5 nitrogen and oxygen atoms in total. The molecule has 2 aromatic heterocycles. The smallest absolute Gasteiger partial charge is 0.212 e. The van der Waals surface area contributed by atoms with Crippen molar-refractivity contribution in [1.29, 1.82) is 0 Å². The molecule has 2 aliphatic rings. The number of sulfone groups is 1. The van der Waals surface area contributed by atoms with Gasteiger partial charge in [0, 0.05) is 43.5 Å². The minimum Gasteiger partial charge on any atom is -0.296 e. The van der Waals surface area contributed by atoms with Crippen molar-refractivity contribution in [2.75, 3.05) is 13.1 Å². The van der Waals surface area contributed by atoms with Crippen molar-refractivity contribution in [2.24, 2.45) is 0 Å². The van der Waals surface area contributed by atoms with Gasteiger partial charge in [-0.15, -0.1) is 0 Å². The zero-order chi connectivity index (χ0) is 19.3. The van der Waals surface area contributed by atoms with E-state index in [4.69, 9.17) is 0 Å². The molecule has 0 aliphatic carbocycles. The highest BCUT2D eigenvalue weighted by atomic mass is 32.2. The predicted molar refractivity (Wildman–Crippen MR) is 103 cm³/mol. The van der Waals surface area contributed by atoms with Gasteiger partial charge < -0.3 is 0 Å². The lowest BCUT2D eigenvalue weighted by molar-refractivity contribution is 0.321. The van der Waals surface area contributed by atoms with Crippen molar-refractivity contribution in [2.45, 2.75) is 22.6 Å². The second kappa shape index (κ2) is 6.46. The molecule has 4 heterocycles. The second-order valence-corrected chi connectivity index (χ2v) is 9.46. The molecule has 0 N–H and O–H groups in total. The van der Waals surface area contributed by atoms with Crippen LogP contribution < -0.4 is 0 Å². The molecule has 3 aromatic rings. The molecule has 142 valence electrons. The molecule has 0 amide bonds. The first-order valence-electron chi connectivity index (χ1n) is 9.14. The van der Waals surface area contributed by atoms with Gasteiger partial charge in [-0.3, -0.25) is 9.88 Å². The minimum atomic E-state index is -3.35. The first-order valence-corrected chi connectivity index (χ1v) is 10.7. The summed E-state index contributed by atoms with van der Waals surface area (Å²) < 4.78 is 39.2. The Morgan fingerprint density at radius 2 is 1.89 bits per heavy atom. The predicted octanol–water partition coefficient (Wildman–Crippen LogP) is 3.04. The van der Waals surface area contributed by atoms with E-state index in [9.17, 15) is 12.8 Å². The summed E-state index contributed by atoms with van der Waals surface area (Å²) in [5.41, 5.74) is 3.42. The highest BCUT2D eigenvalue weighted by molar-refractivity contribution is 7.92. The number of fused-ring (bicyclic) bond motifs is 3. The largest absolute Gasteiger partial charge is 0.296 e. The van der Waals surface area contributed by atoms with Crippen molar-refractivity contribution < 1.29 is 12.8 Å². The molecule has 0 radical (unpaired) electrons. The standard InChI is InChI=1S/C21H18FN3O2S/c22-21-7-5-15(10-24-21)14-4-6-19-17(9-14)18-12-25(13-20(18)28(19,26)27)11-16-3-1-2-8-23-16/h1-10,18,20H,11-13H2/t18-,20-/m1/s1. The topological polar surface area (TPSA) is 63.2 Å². The molecule has 1 aromatic carbocycles. The van der Waals surface area contributed by atoms with Gasteiger partial charge in [0.1, 0.15) is 0 Å². The molecule has 0 saturated carbocycles. The van der Waals surface area contributed by atoms with Gasteiger partial charge >= 0.3 is 0 Å². The molecule has 0 bridgehead atoms. The zero-order valence-electron chi connectivity index (χ0n) is 15.0. The van der Waals surface area contributed by atoms with E-state index < -0.39 is 21.0 Å². The highest BCUT2D eigenvalue weighted by Gasteiger charge is 2.50. The first-order chi connectivity index (χ1) is 13.5. The van der Waals surface area contributed by atoms with Crippen molar-refractivity contribution in [3.05, 3.63) is 78.1 Å². The van der Waals surface area contributed by atoms with E-state index in [0.29, 0.717) is 24.5 Å². The van der Waals surface area contributed by atoms with Gasteiger partial charge in [-0.1, -0.05) is 12.1 Å². The number of hydrogen-bond acceptors (Lipinski definition) is 5. The lowest BCUT2D eigenvalue weighted by Gasteiger charge is -2.17. The van der Waals surface area contributed by atoms with Crippen LogP contribution in [0.25, 0.3) is 11.1 Å². The van der Waals surface area contributed by atoms with Gasteiger partial charge in [0.15, 0.2) is 9.84 Å². The maximum Gasteiger partial charge on any atom is 0.212 e. The Bertz CT molecular complexity index is 1130. The number of hydrogen-bond donors (Lipinski definition) is 0. The van der Waals surface area contributed by atoms with Crippen LogP contribution in [0.5, 0.6) is 0 Å². The quantitative estimate of drug-likeness (QED) is 0.638. The monoisotopic (exact) mass is 395 g/mol. The maximum absolute atomic E-state index is 13.1. The Morgan fingerprint density at radius 1 is 1.04 bits per heavy atom. The molecule has 28 heavy (non-hydrogen) atoms. The van der Waals surface area contributed by atoms with Gasteiger partial charge in [-0.05, 0) is 47.5 Å². The maximum atomic E-state index is 13.1. The number of aromatic nitrogens is 2. The van der Waals surface area contributed by atoms with E-state index in [0.717, 1.165) is 22.4 Å². The number of halogens is 1. The van der Waals surface area contributed by atoms with Crippen LogP contribution in [0.4, 0.5) is 4.39 Å². The van der Waals surface area contributed by atoms with Crippen LogP contribution in [0.2, 0.25) is 0 Å². The molecule has 1 saturated heterocycles. The third kappa shape index (κ3) is 2.82. The van der Waals surface area contributed by atoms with Gasteiger partial charge in [-0.2, -0.15) is 4.39 Å². The number of pyridine rings is 2. The summed E-state index contributed by atoms with van der Waals surface area (Å²) in [4.78, 5) is 10.6. The fraction of sp³-hybridized carbons (Fsp3) is 0.238. The van der Waals surface area contributed by atoms with Gasteiger partial charge in [-0.25, -0.2) is 13.4 Å². The van der Waals surface area contributed by atoms with Crippen molar-refractivity contribution in [3.63, 3.8) is 0 Å². The van der Waals surface area contributed by atoms with E-state index >= 15 is 0 Å². The van der Waals surface area contributed by atoms with Crippen LogP contribution in [0.1, 0.15) is 17.2 Å². The highest BCUT2D eigenvalue weighted by Crippen LogP contribution is 2.46. The Kier molecular flexibility index (Phi) is 4.03. The SMILES string of the molecule is O=S1(=O)c2ccc(-c3ccc(F)nc3)cc2[C@H]2CN(Cc3ccccn3)C[C@H]21. The van der Waals surface area contributed by atoms with Gasteiger partial charge in [0.2, 0.25) is 5.95 Å². The number of nitrogens with zero attached hydrogens (tertiary/aromatic N) is 3. The van der Waals surface area contributed by atoms with Crippen molar-refractivity contribution >= 4 is 9.84 Å². The lowest BCUT2D eigenvalue weighted by Crippen LogP contribution is -2.26. The van der Waals surface area contributed by atoms with Crippen LogP contribution in [0.15, 0.2) is 65.8 Å². The summed E-state index contributed by atoms with van der Waals surface area (Å²) in [5, 5.41) is -0.423. The van der Waals surface area contributed by atoms with Crippen LogP contribution in [-0.4, -0.2) is 41.6 Å². The number of benzene rings is 1. The van der Waals surface area contributed by atoms with E-state index in [-0.39, 0.29) is 5.92 Å². The molecule has 2 aliphatic heterocycles. The fourth-order valence-electron chi connectivity index (χ4n) is 4.30. The summed E-state index contributed by atoms with van der Waals surface area (Å²) in [6.45, 7) is 1.82. The fourth-order valence-corrected chi connectivity index (χ4v) is 6.50. The van der Waals surface area contributed by atoms with E-state index in [1.54, 1.807) is 24.4 Å². The van der Waals surface area contributed by atoms with Crippen molar-refractivity contribution in [3.8, 4) is 11.1 Å². The summed E-state index contributed by atoms with van der Waals surface area (Å²) in [6, 6.07) is 14.1. The van der Waals surface area contributed by atoms with Gasteiger partial charge in [0.25, 0.3) is 0 Å². The second-order valence-electron chi connectivity index (χ2n) is 7.33. The van der Waals surface area contributed by atoms with Crippen LogP contribution in [0.3, 0.4) is 0 Å². The molecule has 5 rings (SSSR count). The summed E-state index contributed by atoms with van der Waals surface area (Å²) in [7, 11) is -3.35. The average molecular weight is 395 g/mol. The molecular weight excluding hydrogens is 377 g/mol. The van der Waals surface area contributed by atoms with Crippen LogP contribution >= 0.6 is 0 Å². The zero-order valence-corrected chi connectivity index (χ0v) is 15.8. The minimum absolute atomic E-state index is 0.0583. The molecular formula is C21H18FN3O2S. The van der Waals surface area contributed by atoms with E-state index in [2.05, 4.69) is 14.9 Å². The van der Waals surface area contributed by atoms with E-state index in [1.807, 2.05) is 24.3 Å². The van der Waals surface area contributed by atoms with Crippen LogP contribution in [-0.2, 0) is 16.4 Å². The third-order valence-corrected chi connectivity index (χ3v) is 7.89. The number of rotatable bonds is 3. The van der Waals surface area contributed by atoms with E-state index in [1.165, 1.54) is 12.3 Å². The molecule has 0 unspecified atom stereocenters. The molecule has 0 spiro atoms. The Morgan fingerprint density at radius 3 is 2.64 bits per heavy atom. The Balaban J connectivity index is 1.48. The van der Waals surface area contributed by atoms with Crippen molar-refractivity contribution in [1.82, 2.24) is 14.9 Å². The summed E-state index contributed by atoms with van der Waals surface area (Å²) in [6.07, 6.45) is 3.22. The summed E-state index contributed by atoms with van der Waals surface area (Å²) >= 11 is 0. The molecule has 7 heteroatoms. The summed E-state index contributed by atoms with van der Waals surface area (Å²) in [5.74, 6) is -0.592. The normalized spacial score (nSPS) is 22.8. The lowest BCUT2D eigenvalue weighted by atomic mass is 9.95. The third-order valence-electron chi connectivity index (χ3n) is 5.63. The first kappa shape index (κ1) is 17.5. The average Bonchev–Trinajstić information content (AvgIpc) is 3.21. The Labute approximate surface area is 162 Å².